The zero-order chi connectivity index (χ0) is 17.2. The van der Waals surface area contributed by atoms with Crippen LogP contribution in [0.4, 0.5) is 0 Å². The van der Waals surface area contributed by atoms with Crippen molar-refractivity contribution in [3.8, 4) is 0 Å². The van der Waals surface area contributed by atoms with Gasteiger partial charge in [-0.05, 0) is 30.5 Å². The predicted molar refractivity (Wildman–Crippen MR) is 98.0 cm³/mol. The van der Waals surface area contributed by atoms with E-state index in [9.17, 15) is 5.11 Å². The van der Waals surface area contributed by atoms with Gasteiger partial charge in [-0.1, -0.05) is 37.3 Å². The number of aliphatic hydroxyl groups excluding tert-OH is 1. The highest BCUT2D eigenvalue weighted by Crippen LogP contribution is 2.12. The van der Waals surface area contributed by atoms with Crippen molar-refractivity contribution < 1.29 is 9.84 Å². The lowest BCUT2D eigenvalue weighted by Gasteiger charge is -2.25. The number of hydrogen-bond acceptors (Lipinski definition) is 3. The molecule has 0 aliphatic carbocycles. The molecule has 0 amide bonds. The first-order valence-corrected chi connectivity index (χ1v) is 8.80. The number of nitrogens with zero attached hydrogens (tertiary/aromatic N) is 2. The highest BCUT2D eigenvalue weighted by Gasteiger charge is 2.13. The van der Waals surface area contributed by atoms with Gasteiger partial charge in [-0.25, -0.2) is 0 Å². The molecule has 0 aliphatic heterocycles. The van der Waals surface area contributed by atoms with Crippen LogP contribution in [-0.4, -0.2) is 47.5 Å². The van der Waals surface area contributed by atoms with Crippen LogP contribution < -0.4 is 0 Å². The van der Waals surface area contributed by atoms with E-state index in [-0.39, 0.29) is 6.10 Å². The van der Waals surface area contributed by atoms with Crippen molar-refractivity contribution in [3.63, 3.8) is 0 Å². The lowest BCUT2D eigenvalue weighted by molar-refractivity contribution is 0.0956. The molecule has 0 spiro atoms. The molecule has 2 rings (SSSR count). The third kappa shape index (κ3) is 6.11. The van der Waals surface area contributed by atoms with E-state index in [0.717, 1.165) is 39.1 Å². The number of rotatable bonds is 11. The van der Waals surface area contributed by atoms with Gasteiger partial charge in [0.2, 0.25) is 0 Å². The Morgan fingerprint density at radius 1 is 1.17 bits per heavy atom. The Bertz CT molecular complexity index is 568. The van der Waals surface area contributed by atoms with E-state index in [1.165, 1.54) is 11.3 Å². The predicted octanol–water partition coefficient (Wildman–Crippen LogP) is 3.15. The first kappa shape index (κ1) is 18.7. The van der Waals surface area contributed by atoms with Gasteiger partial charge >= 0.3 is 0 Å². The summed E-state index contributed by atoms with van der Waals surface area (Å²) in [4.78, 5) is 2.32. The van der Waals surface area contributed by atoms with Gasteiger partial charge in [0.25, 0.3) is 0 Å². The quantitative estimate of drug-likeness (QED) is 0.643. The molecule has 1 N–H and O–H groups in total. The summed E-state index contributed by atoms with van der Waals surface area (Å²) in [5.74, 6) is 0. The lowest BCUT2D eigenvalue weighted by Crippen LogP contribution is -2.33. The molecule has 1 aromatic heterocycles. The van der Waals surface area contributed by atoms with Crippen LogP contribution in [0.25, 0.3) is 0 Å². The highest BCUT2D eigenvalue weighted by molar-refractivity contribution is 5.17. The van der Waals surface area contributed by atoms with E-state index in [1.54, 1.807) is 7.11 Å². The fraction of sp³-hybridized carbons (Fsp3) is 0.500. The molecular formula is C20H30N2O2. The largest absolute Gasteiger partial charge is 0.392 e. The minimum atomic E-state index is -0.273. The third-order valence-electron chi connectivity index (χ3n) is 4.27. The van der Waals surface area contributed by atoms with Crippen molar-refractivity contribution in [1.29, 1.82) is 0 Å². The molecule has 1 atom stereocenters. The summed E-state index contributed by atoms with van der Waals surface area (Å²) in [6.07, 6.45) is 3.62. The summed E-state index contributed by atoms with van der Waals surface area (Å²) in [5, 5.41) is 10.0. The third-order valence-corrected chi connectivity index (χ3v) is 4.27. The molecule has 1 aromatic carbocycles. The van der Waals surface area contributed by atoms with Gasteiger partial charge in [0.15, 0.2) is 0 Å². The first-order chi connectivity index (χ1) is 11.7. The van der Waals surface area contributed by atoms with Crippen LogP contribution in [0.2, 0.25) is 0 Å². The molecule has 0 saturated carbocycles. The molecule has 24 heavy (non-hydrogen) atoms. The van der Waals surface area contributed by atoms with Gasteiger partial charge in [0.1, 0.15) is 0 Å². The maximum atomic E-state index is 10.0. The maximum absolute atomic E-state index is 10.0. The number of methoxy groups -OCH3 is 1. The lowest BCUT2D eigenvalue weighted by atomic mass is 10.2. The van der Waals surface area contributed by atoms with Crippen LogP contribution in [0.15, 0.2) is 48.7 Å². The topological polar surface area (TPSA) is 37.6 Å². The minimum absolute atomic E-state index is 0.273. The molecule has 132 valence electrons. The summed E-state index contributed by atoms with van der Waals surface area (Å²) >= 11 is 0. The summed E-state index contributed by atoms with van der Waals surface area (Å²) in [5.41, 5.74) is 2.58. The van der Waals surface area contributed by atoms with E-state index < -0.39 is 0 Å². The van der Waals surface area contributed by atoms with E-state index in [1.807, 2.05) is 13.0 Å². The molecule has 2 aromatic rings. The van der Waals surface area contributed by atoms with Crippen LogP contribution in [-0.2, 0) is 17.8 Å². The molecule has 0 aliphatic rings. The molecule has 4 heteroatoms. The van der Waals surface area contributed by atoms with E-state index >= 15 is 0 Å². The van der Waals surface area contributed by atoms with Crippen molar-refractivity contribution in [2.24, 2.45) is 0 Å². The molecule has 1 unspecified atom stereocenters. The van der Waals surface area contributed by atoms with Gasteiger partial charge in [-0.15, -0.1) is 0 Å². The normalized spacial score (nSPS) is 12.7. The Hall–Kier alpha value is -1.62. The second-order valence-corrected chi connectivity index (χ2v) is 6.26. The highest BCUT2D eigenvalue weighted by atomic mass is 16.5. The number of hydrogen-bond donors (Lipinski definition) is 1. The van der Waals surface area contributed by atoms with Gasteiger partial charge in [-0.2, -0.15) is 0 Å². The van der Waals surface area contributed by atoms with Gasteiger partial charge < -0.3 is 14.4 Å². The first-order valence-electron chi connectivity index (χ1n) is 8.80. The molecular weight excluding hydrogens is 300 g/mol. The second kappa shape index (κ2) is 10.3. The molecule has 0 saturated heterocycles. The number of aromatic nitrogens is 1. The Morgan fingerprint density at radius 3 is 2.67 bits per heavy atom. The summed E-state index contributed by atoms with van der Waals surface area (Å²) in [7, 11) is 1.73. The SMILES string of the molecule is CCC(O)CN(CCCOC)Cc1cccn1Cc1ccccc1. The van der Waals surface area contributed by atoms with Crippen molar-refractivity contribution in [3.05, 3.63) is 59.9 Å². The van der Waals surface area contributed by atoms with Crippen molar-refractivity contribution in [1.82, 2.24) is 9.47 Å². The monoisotopic (exact) mass is 330 g/mol. The molecule has 0 bridgehead atoms. The van der Waals surface area contributed by atoms with E-state index in [2.05, 4.69) is 52.1 Å². The van der Waals surface area contributed by atoms with Gasteiger partial charge in [-0.3, -0.25) is 4.90 Å². The number of ether oxygens (including phenoxy) is 1. The summed E-state index contributed by atoms with van der Waals surface area (Å²) < 4.78 is 7.46. The van der Waals surface area contributed by atoms with Crippen molar-refractivity contribution >= 4 is 0 Å². The fourth-order valence-corrected chi connectivity index (χ4v) is 2.85. The molecule has 4 nitrogen and oxygen atoms in total. The molecule has 0 radical (unpaired) electrons. The van der Waals surface area contributed by atoms with Crippen molar-refractivity contribution in [2.75, 3.05) is 26.8 Å². The fourth-order valence-electron chi connectivity index (χ4n) is 2.85. The molecule has 0 fully saturated rings. The van der Waals surface area contributed by atoms with Crippen LogP contribution in [0.5, 0.6) is 0 Å². The van der Waals surface area contributed by atoms with Crippen LogP contribution in [0, 0.1) is 0 Å². The average Bonchev–Trinajstić information content (AvgIpc) is 3.02. The van der Waals surface area contributed by atoms with Crippen LogP contribution in [0.1, 0.15) is 31.0 Å². The Labute approximate surface area is 145 Å². The smallest absolute Gasteiger partial charge is 0.0664 e. The number of benzene rings is 1. The van der Waals surface area contributed by atoms with Gasteiger partial charge in [0.05, 0.1) is 6.10 Å². The zero-order valence-electron chi connectivity index (χ0n) is 14.9. The van der Waals surface area contributed by atoms with E-state index in [4.69, 9.17) is 4.74 Å². The maximum Gasteiger partial charge on any atom is 0.0664 e. The standard InChI is InChI=1S/C20H30N2O2/c1-3-20(23)17-21(12-8-14-24-2)16-19-11-7-13-22(19)15-18-9-5-4-6-10-18/h4-7,9-11,13,20,23H,3,8,12,14-17H2,1-2H3. The van der Waals surface area contributed by atoms with Gasteiger partial charge in [0, 0.05) is 51.8 Å². The summed E-state index contributed by atoms with van der Waals surface area (Å²) in [6, 6.07) is 14.8. The van der Waals surface area contributed by atoms with Crippen LogP contribution in [0.3, 0.4) is 0 Å². The second-order valence-electron chi connectivity index (χ2n) is 6.26. The summed E-state index contributed by atoms with van der Waals surface area (Å²) in [6.45, 7) is 6.14. The zero-order valence-corrected chi connectivity index (χ0v) is 14.9. The average molecular weight is 330 g/mol. The molecule has 1 heterocycles. The number of aliphatic hydroxyl groups is 1. The van der Waals surface area contributed by atoms with E-state index in [0.29, 0.717) is 6.54 Å². The van der Waals surface area contributed by atoms with Crippen molar-refractivity contribution in [2.45, 2.75) is 39.0 Å². The minimum Gasteiger partial charge on any atom is -0.392 e. The Balaban J connectivity index is 2.01. The van der Waals surface area contributed by atoms with Crippen LogP contribution >= 0.6 is 0 Å². The Morgan fingerprint density at radius 2 is 1.96 bits per heavy atom. The Kier molecular flexibility index (Phi) is 8.02.